The van der Waals surface area contributed by atoms with Gasteiger partial charge in [0, 0.05) is 22.7 Å². The van der Waals surface area contributed by atoms with Gasteiger partial charge in [-0.25, -0.2) is 17.8 Å². The number of sulfone groups is 1. The van der Waals surface area contributed by atoms with Crippen LogP contribution < -0.4 is 10.9 Å². The summed E-state index contributed by atoms with van der Waals surface area (Å²) in [4.78, 5) is 20.0. The molecule has 0 saturated heterocycles. The van der Waals surface area contributed by atoms with E-state index in [0.29, 0.717) is 44.5 Å². The number of halogens is 1. The van der Waals surface area contributed by atoms with E-state index >= 15 is 0 Å². The molecule has 0 spiro atoms. The van der Waals surface area contributed by atoms with Gasteiger partial charge in [0.05, 0.1) is 21.6 Å². The number of fused-ring (bicyclic) bond motifs is 4. The number of aromatic nitrogens is 2. The zero-order valence-electron chi connectivity index (χ0n) is 15.4. The molecule has 3 heterocycles. The van der Waals surface area contributed by atoms with Gasteiger partial charge < -0.3 is 10.3 Å². The first-order valence-corrected chi connectivity index (χ1v) is 10.7. The maximum Gasteiger partial charge on any atom is 0.256 e. The van der Waals surface area contributed by atoms with E-state index in [2.05, 4.69) is 15.3 Å². The predicted octanol–water partition coefficient (Wildman–Crippen LogP) is 3.60. The van der Waals surface area contributed by atoms with E-state index in [0.717, 1.165) is 11.1 Å². The van der Waals surface area contributed by atoms with E-state index in [1.54, 1.807) is 12.1 Å². The van der Waals surface area contributed by atoms with E-state index in [1.807, 2.05) is 13.0 Å². The summed E-state index contributed by atoms with van der Waals surface area (Å²) in [6, 6.07) is 9.28. The highest BCUT2D eigenvalue weighted by molar-refractivity contribution is 7.91. The van der Waals surface area contributed by atoms with E-state index < -0.39 is 15.7 Å². The van der Waals surface area contributed by atoms with Crippen molar-refractivity contribution in [1.82, 2.24) is 9.97 Å². The molecule has 0 bridgehead atoms. The molecule has 2 aromatic carbocycles. The van der Waals surface area contributed by atoms with Crippen molar-refractivity contribution in [3.05, 3.63) is 69.9 Å². The first kappa shape index (κ1) is 17.8. The van der Waals surface area contributed by atoms with Crippen molar-refractivity contribution < 1.29 is 12.8 Å². The van der Waals surface area contributed by atoms with Crippen molar-refractivity contribution >= 4 is 43.0 Å². The smallest absolute Gasteiger partial charge is 0.256 e. The molecule has 0 saturated carbocycles. The summed E-state index contributed by atoms with van der Waals surface area (Å²) < 4.78 is 38.4. The second-order valence-corrected chi connectivity index (χ2v) is 9.26. The number of aromatic amines is 1. The zero-order chi connectivity index (χ0) is 20.3. The lowest BCUT2D eigenvalue weighted by Crippen LogP contribution is -2.08. The summed E-state index contributed by atoms with van der Waals surface area (Å²) in [5.74, 6) is 0.0662. The molecular formula is C21H16FN3O3S. The molecule has 146 valence electrons. The summed E-state index contributed by atoms with van der Waals surface area (Å²) in [5, 5.41) is 4.46. The molecule has 29 heavy (non-hydrogen) atoms. The summed E-state index contributed by atoms with van der Waals surface area (Å²) in [7, 11) is -3.28. The molecule has 8 heteroatoms. The number of hydrogen-bond donors (Lipinski definition) is 2. The van der Waals surface area contributed by atoms with Crippen LogP contribution in [0.5, 0.6) is 0 Å². The van der Waals surface area contributed by atoms with Crippen molar-refractivity contribution in [2.24, 2.45) is 0 Å². The molecule has 5 rings (SSSR count). The highest BCUT2D eigenvalue weighted by Crippen LogP contribution is 2.34. The van der Waals surface area contributed by atoms with Crippen LogP contribution in [-0.4, -0.2) is 24.1 Å². The molecule has 2 aromatic heterocycles. The Kier molecular flexibility index (Phi) is 3.76. The largest absolute Gasteiger partial charge is 0.339 e. The van der Waals surface area contributed by atoms with E-state index in [9.17, 15) is 17.6 Å². The number of nitrogens with zero attached hydrogens (tertiary/aromatic N) is 1. The molecule has 1 aliphatic rings. The first-order valence-electron chi connectivity index (χ1n) is 9.07. The topological polar surface area (TPSA) is 91.9 Å². The number of pyridine rings is 2. The Morgan fingerprint density at radius 2 is 1.97 bits per heavy atom. The van der Waals surface area contributed by atoms with Gasteiger partial charge in [0.15, 0.2) is 9.84 Å². The Morgan fingerprint density at radius 3 is 2.79 bits per heavy atom. The number of H-pyrrole nitrogens is 1. The van der Waals surface area contributed by atoms with Crippen LogP contribution >= 0.6 is 0 Å². The Labute approximate surface area is 165 Å². The van der Waals surface area contributed by atoms with Crippen molar-refractivity contribution in [2.45, 2.75) is 18.2 Å². The molecule has 0 amide bonds. The van der Waals surface area contributed by atoms with Gasteiger partial charge >= 0.3 is 0 Å². The van der Waals surface area contributed by atoms with Crippen LogP contribution in [0.3, 0.4) is 0 Å². The van der Waals surface area contributed by atoms with Gasteiger partial charge in [-0.05, 0) is 54.8 Å². The van der Waals surface area contributed by atoms with Crippen LogP contribution in [-0.2, 0) is 16.3 Å². The molecule has 0 atom stereocenters. The van der Waals surface area contributed by atoms with E-state index in [-0.39, 0.29) is 11.3 Å². The number of benzene rings is 2. The zero-order valence-corrected chi connectivity index (χ0v) is 16.2. The van der Waals surface area contributed by atoms with Gasteiger partial charge in [0.1, 0.15) is 11.6 Å². The minimum atomic E-state index is -3.28. The average molecular weight is 409 g/mol. The molecule has 0 fully saturated rings. The minimum absolute atomic E-state index is 0.114. The van der Waals surface area contributed by atoms with Gasteiger partial charge in [0.2, 0.25) is 0 Å². The average Bonchev–Trinajstić information content (AvgIpc) is 2.96. The lowest BCUT2D eigenvalue weighted by molar-refractivity contribution is 0.600. The van der Waals surface area contributed by atoms with Gasteiger partial charge in [-0.3, -0.25) is 4.79 Å². The van der Waals surface area contributed by atoms with Crippen molar-refractivity contribution in [1.29, 1.82) is 0 Å². The van der Waals surface area contributed by atoms with Crippen LogP contribution in [0.2, 0.25) is 0 Å². The third kappa shape index (κ3) is 2.79. The summed E-state index contributed by atoms with van der Waals surface area (Å²) in [5.41, 5.74) is 2.40. The monoisotopic (exact) mass is 409 g/mol. The second-order valence-electron chi connectivity index (χ2n) is 7.19. The maximum atomic E-state index is 13.8. The molecule has 1 aliphatic heterocycles. The normalized spacial score (nSPS) is 15.0. The molecule has 2 N–H and O–H groups in total. The summed E-state index contributed by atoms with van der Waals surface area (Å²) in [6.45, 7) is 1.89. The van der Waals surface area contributed by atoms with Crippen LogP contribution in [0, 0.1) is 12.7 Å². The number of anilines is 2. The summed E-state index contributed by atoms with van der Waals surface area (Å²) in [6.07, 6.45) is 2.01. The lowest BCUT2D eigenvalue weighted by atomic mass is 10.1. The quantitative estimate of drug-likeness (QED) is 0.494. The fraction of sp³-hybridized carbons (Fsp3) is 0.143. The van der Waals surface area contributed by atoms with E-state index in [1.165, 1.54) is 24.4 Å². The van der Waals surface area contributed by atoms with Crippen molar-refractivity contribution in [2.75, 3.05) is 11.1 Å². The van der Waals surface area contributed by atoms with Gasteiger partial charge in [0.25, 0.3) is 5.56 Å². The molecule has 6 nitrogen and oxygen atoms in total. The SMILES string of the molecule is Cc1cc2c(cc1Nc1nc3ccc(F)cc3c3c(=O)[nH]ccc13)S(=O)(=O)CC2. The highest BCUT2D eigenvalue weighted by Gasteiger charge is 2.27. The fourth-order valence-corrected chi connectivity index (χ4v) is 5.44. The van der Waals surface area contributed by atoms with Gasteiger partial charge in [-0.15, -0.1) is 0 Å². The minimum Gasteiger partial charge on any atom is -0.339 e. The van der Waals surface area contributed by atoms with Crippen LogP contribution in [0.25, 0.3) is 21.7 Å². The molecule has 4 aromatic rings. The Morgan fingerprint density at radius 1 is 1.14 bits per heavy atom. The number of nitrogens with one attached hydrogen (secondary N) is 2. The number of rotatable bonds is 2. The third-order valence-electron chi connectivity index (χ3n) is 5.31. The van der Waals surface area contributed by atoms with Gasteiger partial charge in [-0.1, -0.05) is 6.07 Å². The Bertz CT molecular complexity index is 1490. The van der Waals surface area contributed by atoms with Crippen LogP contribution in [0.15, 0.2) is 52.3 Å². The predicted molar refractivity (Wildman–Crippen MR) is 110 cm³/mol. The lowest BCUT2D eigenvalue weighted by Gasteiger charge is -2.14. The third-order valence-corrected chi connectivity index (χ3v) is 7.10. The standard InChI is InChI=1S/C21H16FN3O3S/c1-11-8-12-5-7-29(27,28)18(12)10-17(11)25-20-14-4-6-23-21(26)19(14)15-9-13(22)2-3-16(15)24-20/h2-4,6,8-10H,5,7H2,1H3,(H,23,26)(H,24,25). The molecule has 0 aliphatic carbocycles. The molecular weight excluding hydrogens is 393 g/mol. The number of hydrogen-bond acceptors (Lipinski definition) is 5. The maximum absolute atomic E-state index is 13.8. The summed E-state index contributed by atoms with van der Waals surface area (Å²) >= 11 is 0. The Balaban J connectivity index is 1.76. The second kappa shape index (κ2) is 6.12. The highest BCUT2D eigenvalue weighted by atomic mass is 32.2. The Hall–Kier alpha value is -3.26. The van der Waals surface area contributed by atoms with Crippen molar-refractivity contribution in [3.8, 4) is 0 Å². The van der Waals surface area contributed by atoms with Crippen LogP contribution in [0.1, 0.15) is 11.1 Å². The molecule has 0 unspecified atom stereocenters. The fourth-order valence-electron chi connectivity index (χ4n) is 3.87. The number of aryl methyl sites for hydroxylation is 2. The van der Waals surface area contributed by atoms with Gasteiger partial charge in [-0.2, -0.15) is 0 Å². The van der Waals surface area contributed by atoms with Crippen molar-refractivity contribution in [3.63, 3.8) is 0 Å². The van der Waals surface area contributed by atoms with E-state index in [4.69, 9.17) is 0 Å². The molecule has 0 radical (unpaired) electrons. The first-order chi connectivity index (χ1) is 13.8. The van der Waals surface area contributed by atoms with Crippen LogP contribution in [0.4, 0.5) is 15.9 Å².